The summed E-state index contributed by atoms with van der Waals surface area (Å²) in [4.78, 5) is 12.9. The zero-order valence-corrected chi connectivity index (χ0v) is 32.4. The van der Waals surface area contributed by atoms with Gasteiger partial charge in [0.25, 0.3) is 5.92 Å². The van der Waals surface area contributed by atoms with E-state index in [2.05, 4.69) is 27.1 Å². The van der Waals surface area contributed by atoms with Crippen LogP contribution in [0.5, 0.6) is 0 Å². The van der Waals surface area contributed by atoms with Gasteiger partial charge in [-0.05, 0) is 70.8 Å². The first-order valence-corrected chi connectivity index (χ1v) is 16.8. The molecule has 1 aliphatic carbocycles. The number of benzene rings is 3. The van der Waals surface area contributed by atoms with E-state index in [9.17, 15) is 0 Å². The molecule has 4 nitrogen and oxygen atoms in total. The van der Waals surface area contributed by atoms with Crippen LogP contribution in [0.25, 0.3) is 55.7 Å². The quantitative estimate of drug-likeness (QED) is 0.166. The van der Waals surface area contributed by atoms with Crippen LogP contribution < -0.4 is 0 Å². The monoisotopic (exact) mass is 894 g/mol. The van der Waals surface area contributed by atoms with Crippen LogP contribution in [0.1, 0.15) is 88.8 Å². The van der Waals surface area contributed by atoms with Crippen molar-refractivity contribution in [3.63, 3.8) is 0 Å². The SMILES string of the molecule is [2H]C([2H])([2H])c1c[c-]c(-c2cc(C(C)(C)C)ccn2)c2c1-c1ccccc1C(F)(F)C2([2H])[2H].[2H]C([2H])([2H])c1ccc2c(n1)oc1c(-c3cc(C([2H])([2H])C(C)(C)C)ccn3)[c-]ccc12.[Ir]. The van der Waals surface area contributed by atoms with Gasteiger partial charge in [-0.1, -0.05) is 107 Å². The van der Waals surface area contributed by atoms with Gasteiger partial charge in [0.2, 0.25) is 5.71 Å². The molecule has 0 saturated heterocycles. The number of furan rings is 1. The summed E-state index contributed by atoms with van der Waals surface area (Å²) in [6, 6.07) is 26.4. The van der Waals surface area contributed by atoms with E-state index in [1.807, 2.05) is 53.7 Å². The maximum absolute atomic E-state index is 15.5. The third kappa shape index (κ3) is 7.74. The summed E-state index contributed by atoms with van der Waals surface area (Å²) in [6.45, 7) is 6.58. The van der Waals surface area contributed by atoms with Gasteiger partial charge in [0.15, 0.2) is 0 Å². The molecule has 1 radical (unpaired) electrons. The molecule has 273 valence electrons. The Hall–Kier alpha value is -4.58. The van der Waals surface area contributed by atoms with E-state index in [4.69, 9.17) is 18.1 Å². The largest absolute Gasteiger partial charge is 0.486 e. The van der Waals surface area contributed by atoms with Crippen molar-refractivity contribution in [1.82, 2.24) is 15.0 Å². The van der Waals surface area contributed by atoms with Gasteiger partial charge >= 0.3 is 0 Å². The fourth-order valence-electron chi connectivity index (χ4n) is 6.28. The summed E-state index contributed by atoms with van der Waals surface area (Å²) in [5.74, 6) is -3.88. The first-order valence-electron chi connectivity index (χ1n) is 21.8. The van der Waals surface area contributed by atoms with E-state index in [0.717, 1.165) is 17.0 Å². The Morgan fingerprint density at radius 1 is 0.887 bits per heavy atom. The van der Waals surface area contributed by atoms with E-state index in [1.165, 1.54) is 36.5 Å². The molecule has 0 amide bonds. The predicted molar refractivity (Wildman–Crippen MR) is 206 cm³/mol. The average molecular weight is 894 g/mol. The number of fused-ring (bicyclic) bond motifs is 6. The molecule has 4 heterocycles. The fraction of sp³-hybridized carbons (Fsp3) is 0.283. The third-order valence-corrected chi connectivity index (χ3v) is 8.66. The number of pyridine rings is 3. The van der Waals surface area contributed by atoms with Crippen molar-refractivity contribution in [3.8, 4) is 33.6 Å². The van der Waals surface area contributed by atoms with Crippen molar-refractivity contribution < 1.29 is 47.0 Å². The Kier molecular flexibility index (Phi) is 7.32. The molecule has 0 unspecified atom stereocenters. The molecule has 1 aliphatic rings. The van der Waals surface area contributed by atoms with Crippen LogP contribution in [0.15, 0.2) is 95.7 Å². The molecule has 0 atom stereocenters. The summed E-state index contributed by atoms with van der Waals surface area (Å²) in [6.07, 6.45) is -1.63. The standard InChI is InChI=1S/C24H22F2N.C22H21N2O.Ir/c1-15-9-10-17(21-13-16(11-12-27-21)23(2,3)4)19-14-24(25,26)20-8-6-5-7-18(20)22(15)19;1-14-8-9-17-16-6-5-7-18(20(16)25-21(17)24-14)19-12-15(10-11-23-19)13-22(2,3)4;/h5-9,11-13H,14H2,1-4H3;5-6,8-12H,13H2,1-4H3;/q2*-1;/i1D3,14D2;1D3,13D2;. The summed E-state index contributed by atoms with van der Waals surface area (Å²) < 4.78 is 118. The summed E-state index contributed by atoms with van der Waals surface area (Å²) in [5.41, 5.74) is 1.49. The van der Waals surface area contributed by atoms with Gasteiger partial charge < -0.3 is 14.4 Å². The molecule has 3 aromatic carbocycles. The van der Waals surface area contributed by atoms with Gasteiger partial charge in [0.1, 0.15) is 0 Å². The number of rotatable bonds is 3. The van der Waals surface area contributed by atoms with E-state index in [-0.39, 0.29) is 64.9 Å². The van der Waals surface area contributed by atoms with Crippen molar-refractivity contribution >= 4 is 22.1 Å². The number of aryl methyl sites for hydroxylation is 2. The minimum Gasteiger partial charge on any atom is -0.486 e. The third-order valence-electron chi connectivity index (χ3n) is 8.66. The Morgan fingerprint density at radius 2 is 1.64 bits per heavy atom. The molecule has 7 aromatic rings. The van der Waals surface area contributed by atoms with Crippen LogP contribution in [0.4, 0.5) is 8.78 Å². The maximum atomic E-state index is 15.5. The summed E-state index contributed by atoms with van der Waals surface area (Å²) in [7, 11) is 0. The molecule has 0 aliphatic heterocycles. The number of halogens is 2. The Balaban J connectivity index is 0.000000207. The van der Waals surface area contributed by atoms with Crippen molar-refractivity contribution in [1.29, 1.82) is 0 Å². The normalized spacial score (nSPS) is 18.0. The molecule has 4 aromatic heterocycles. The van der Waals surface area contributed by atoms with Crippen molar-refractivity contribution in [3.05, 3.63) is 137 Å². The van der Waals surface area contributed by atoms with Gasteiger partial charge in [0, 0.05) is 69.2 Å². The van der Waals surface area contributed by atoms with Crippen LogP contribution in [0, 0.1) is 31.3 Å². The molecule has 8 rings (SSSR count). The van der Waals surface area contributed by atoms with Gasteiger partial charge in [0.05, 0.1) is 5.58 Å². The smallest absolute Gasteiger partial charge is 0.270 e. The van der Waals surface area contributed by atoms with Gasteiger partial charge in [-0.2, -0.15) is 0 Å². The number of alkyl halides is 2. The van der Waals surface area contributed by atoms with Crippen molar-refractivity contribution in [2.24, 2.45) is 5.41 Å². The molecule has 0 spiro atoms. The molecular weight excluding hydrogens is 841 g/mol. The molecule has 7 heteroatoms. The van der Waals surface area contributed by atoms with Crippen LogP contribution >= 0.6 is 0 Å². The fourth-order valence-corrected chi connectivity index (χ4v) is 6.28. The zero-order valence-electron chi connectivity index (χ0n) is 40.0. The van der Waals surface area contributed by atoms with Crippen LogP contribution in [0.3, 0.4) is 0 Å². The average Bonchev–Trinajstić information content (AvgIpc) is 3.57. The van der Waals surface area contributed by atoms with E-state index in [0.29, 0.717) is 27.8 Å². The van der Waals surface area contributed by atoms with E-state index >= 15 is 8.78 Å². The molecule has 0 N–H and O–H groups in total. The molecule has 0 fully saturated rings. The molecule has 0 bridgehead atoms. The number of hydrogen-bond donors (Lipinski definition) is 0. The molecular formula is C46H43F2IrN3O-2. The minimum absolute atomic E-state index is 0. The maximum Gasteiger partial charge on any atom is 0.270 e. The number of nitrogens with zero attached hydrogens (tertiary/aromatic N) is 3. The summed E-state index contributed by atoms with van der Waals surface area (Å²) >= 11 is 0. The summed E-state index contributed by atoms with van der Waals surface area (Å²) in [5, 5.41) is 1.48. The van der Waals surface area contributed by atoms with E-state index < -0.39 is 48.9 Å². The van der Waals surface area contributed by atoms with Gasteiger partial charge in [-0.25, -0.2) is 13.8 Å². The first-order chi connectivity index (χ1) is 28.6. The van der Waals surface area contributed by atoms with Crippen molar-refractivity contribution in [2.45, 2.75) is 79.3 Å². The Bertz CT molecular complexity index is 2860. The predicted octanol–water partition coefficient (Wildman–Crippen LogP) is 12.2. The van der Waals surface area contributed by atoms with Gasteiger partial charge in [-0.3, -0.25) is 0 Å². The van der Waals surface area contributed by atoms with Crippen LogP contribution in [-0.4, -0.2) is 15.0 Å². The number of hydrogen-bond acceptors (Lipinski definition) is 4. The van der Waals surface area contributed by atoms with Crippen molar-refractivity contribution in [2.75, 3.05) is 0 Å². The second kappa shape index (κ2) is 14.3. The molecule has 53 heavy (non-hydrogen) atoms. The first kappa shape index (κ1) is 27.1. The Labute approximate surface area is 338 Å². The second-order valence-corrected chi connectivity index (χ2v) is 14.8. The topological polar surface area (TPSA) is 51.8 Å². The molecule has 0 saturated carbocycles. The second-order valence-electron chi connectivity index (χ2n) is 14.8. The van der Waals surface area contributed by atoms with Gasteiger partial charge in [-0.15, -0.1) is 47.0 Å². The number of aromatic nitrogens is 3. The Morgan fingerprint density at radius 3 is 2.38 bits per heavy atom. The van der Waals surface area contributed by atoms with Crippen LogP contribution in [-0.2, 0) is 44.2 Å². The minimum atomic E-state index is -3.88. The zero-order chi connectivity index (χ0) is 45.6. The van der Waals surface area contributed by atoms with E-state index in [1.54, 1.807) is 36.5 Å². The van der Waals surface area contributed by atoms with Crippen LogP contribution in [0.2, 0.25) is 0 Å².